The maximum atomic E-state index is 11.3. The van der Waals surface area contributed by atoms with Crippen LogP contribution >= 0.6 is 23.1 Å². The number of nitrogens with zero attached hydrogens (tertiary/aromatic N) is 1. The minimum absolute atomic E-state index is 0.0793. The summed E-state index contributed by atoms with van der Waals surface area (Å²) in [4.78, 5) is 15.5. The van der Waals surface area contributed by atoms with Crippen molar-refractivity contribution in [3.63, 3.8) is 0 Å². The van der Waals surface area contributed by atoms with Crippen LogP contribution in [0.1, 0.15) is 40.3 Å². The van der Waals surface area contributed by atoms with Crippen molar-refractivity contribution in [3.8, 4) is 0 Å². The monoisotopic (exact) mass is 325 g/mol. The highest BCUT2D eigenvalue weighted by atomic mass is 32.2. The number of carbonyl (C=O) groups is 1. The minimum atomic E-state index is -0.441. The van der Waals surface area contributed by atoms with Crippen LogP contribution in [0.25, 0.3) is 6.08 Å². The van der Waals surface area contributed by atoms with Crippen LogP contribution in [-0.2, 0) is 14.1 Å². The Hall–Kier alpha value is -0.625. The van der Waals surface area contributed by atoms with Crippen LogP contribution in [0.3, 0.4) is 0 Å². The quantitative estimate of drug-likeness (QED) is 0.794. The molecule has 1 aliphatic heterocycles. The smallest absolute Gasteiger partial charge is 0.400 e. The first-order valence-corrected chi connectivity index (χ1v) is 8.72. The molecule has 0 spiro atoms. The van der Waals surface area contributed by atoms with Crippen LogP contribution in [0.5, 0.6) is 0 Å². The number of hydrogen-bond acceptors (Lipinski definition) is 6. The molecule has 0 amide bonds. The molecule has 0 saturated carbocycles. The van der Waals surface area contributed by atoms with Crippen LogP contribution in [0.4, 0.5) is 0 Å². The number of thiazole rings is 1. The fraction of sp³-hybridized carbons (Fsp3) is 0.571. The first-order valence-electron chi connectivity index (χ1n) is 6.79. The summed E-state index contributed by atoms with van der Waals surface area (Å²) in [6, 6.07) is 0. The molecule has 0 bridgehead atoms. The molecule has 1 aromatic heterocycles. The SMILES string of the molecule is CC(=O)SCC(=Cc1cscn1)B1OC(C)(C)C(C)(C)O1. The molecule has 114 valence electrons. The summed E-state index contributed by atoms with van der Waals surface area (Å²) in [5.74, 6) is 0.545. The van der Waals surface area contributed by atoms with Gasteiger partial charge in [-0.3, -0.25) is 4.79 Å². The van der Waals surface area contributed by atoms with E-state index in [0.717, 1.165) is 11.2 Å². The van der Waals surface area contributed by atoms with E-state index < -0.39 is 7.12 Å². The van der Waals surface area contributed by atoms with E-state index in [9.17, 15) is 4.79 Å². The second kappa shape index (κ2) is 6.24. The third kappa shape index (κ3) is 3.97. The molecule has 1 aliphatic rings. The summed E-state index contributed by atoms with van der Waals surface area (Å²) >= 11 is 2.79. The molecular formula is C14H20BNO3S2. The molecule has 0 unspecified atom stereocenters. The van der Waals surface area contributed by atoms with Gasteiger partial charge in [-0.25, -0.2) is 4.98 Å². The molecule has 1 fully saturated rings. The summed E-state index contributed by atoms with van der Waals surface area (Å²) in [7, 11) is -0.441. The maximum Gasteiger partial charge on any atom is 0.491 e. The molecule has 7 heteroatoms. The molecule has 21 heavy (non-hydrogen) atoms. The van der Waals surface area contributed by atoms with Crippen molar-refractivity contribution in [1.29, 1.82) is 0 Å². The van der Waals surface area contributed by atoms with Gasteiger partial charge in [-0.1, -0.05) is 11.8 Å². The summed E-state index contributed by atoms with van der Waals surface area (Å²) in [5.41, 5.74) is 2.80. The number of carbonyl (C=O) groups excluding carboxylic acids is 1. The molecule has 2 rings (SSSR count). The van der Waals surface area contributed by atoms with Gasteiger partial charge < -0.3 is 9.31 Å². The van der Waals surface area contributed by atoms with E-state index in [-0.39, 0.29) is 16.3 Å². The van der Waals surface area contributed by atoms with Crippen LogP contribution < -0.4 is 0 Å². The van der Waals surface area contributed by atoms with Crippen molar-refractivity contribution in [3.05, 3.63) is 22.1 Å². The summed E-state index contributed by atoms with van der Waals surface area (Å²) < 4.78 is 12.1. The zero-order valence-corrected chi connectivity index (χ0v) is 14.6. The lowest BCUT2D eigenvalue weighted by molar-refractivity contribution is -0.109. The standard InChI is InChI=1S/C14H20BNO3S2/c1-10(17)21-7-11(6-12-8-20-9-16-12)15-18-13(2,3)14(4,5)19-15/h6,8-9H,7H2,1-5H3. The maximum absolute atomic E-state index is 11.3. The minimum Gasteiger partial charge on any atom is -0.400 e. The highest BCUT2D eigenvalue weighted by Crippen LogP contribution is 2.39. The molecule has 0 N–H and O–H groups in total. The Morgan fingerprint density at radius 2 is 2.00 bits per heavy atom. The van der Waals surface area contributed by atoms with Gasteiger partial charge in [-0.05, 0) is 39.2 Å². The van der Waals surface area contributed by atoms with Gasteiger partial charge in [0, 0.05) is 18.1 Å². The second-order valence-electron chi connectivity index (χ2n) is 6.00. The van der Waals surface area contributed by atoms with E-state index in [1.54, 1.807) is 12.4 Å². The van der Waals surface area contributed by atoms with Crippen molar-refractivity contribution in [2.24, 2.45) is 0 Å². The average Bonchev–Trinajstić information content (AvgIpc) is 2.91. The summed E-state index contributed by atoms with van der Waals surface area (Å²) in [6.07, 6.45) is 1.95. The highest BCUT2D eigenvalue weighted by molar-refractivity contribution is 8.13. The lowest BCUT2D eigenvalue weighted by Gasteiger charge is -2.32. The van der Waals surface area contributed by atoms with Crippen LogP contribution in [0.2, 0.25) is 0 Å². The number of rotatable bonds is 4. The molecular weight excluding hydrogens is 305 g/mol. The van der Waals surface area contributed by atoms with E-state index in [0.29, 0.717) is 5.75 Å². The van der Waals surface area contributed by atoms with E-state index in [2.05, 4.69) is 4.98 Å². The van der Waals surface area contributed by atoms with Crippen molar-refractivity contribution >= 4 is 41.4 Å². The molecule has 1 aromatic rings. The lowest BCUT2D eigenvalue weighted by atomic mass is 9.79. The fourth-order valence-corrected chi connectivity index (χ4v) is 2.94. The highest BCUT2D eigenvalue weighted by Gasteiger charge is 2.52. The lowest BCUT2D eigenvalue weighted by Crippen LogP contribution is -2.41. The Kier molecular flexibility index (Phi) is 4.98. The van der Waals surface area contributed by atoms with Gasteiger partial charge in [-0.2, -0.15) is 0 Å². The molecule has 2 heterocycles. The Labute approximate surface area is 134 Å². The van der Waals surface area contributed by atoms with E-state index in [1.165, 1.54) is 23.1 Å². The third-order valence-electron chi connectivity index (χ3n) is 3.78. The normalized spacial score (nSPS) is 20.8. The van der Waals surface area contributed by atoms with E-state index in [1.807, 2.05) is 39.2 Å². The summed E-state index contributed by atoms with van der Waals surface area (Å²) in [6.45, 7) is 9.64. The van der Waals surface area contributed by atoms with Crippen molar-refractivity contribution in [1.82, 2.24) is 4.98 Å². The van der Waals surface area contributed by atoms with Gasteiger partial charge in [0.25, 0.3) is 0 Å². The molecule has 0 aromatic carbocycles. The summed E-state index contributed by atoms with van der Waals surface area (Å²) in [5, 5.41) is 2.04. The van der Waals surface area contributed by atoms with Crippen molar-refractivity contribution < 1.29 is 14.1 Å². The van der Waals surface area contributed by atoms with Gasteiger partial charge in [0.05, 0.1) is 22.4 Å². The number of hydrogen-bond donors (Lipinski definition) is 0. The largest absolute Gasteiger partial charge is 0.491 e. The number of thioether (sulfide) groups is 1. The number of aromatic nitrogens is 1. The van der Waals surface area contributed by atoms with Crippen LogP contribution in [0, 0.1) is 0 Å². The Balaban J connectivity index is 2.22. The molecule has 0 atom stereocenters. The molecule has 4 nitrogen and oxygen atoms in total. The first kappa shape index (κ1) is 16.7. The molecule has 1 saturated heterocycles. The third-order valence-corrected chi connectivity index (χ3v) is 5.27. The predicted octanol–water partition coefficient (Wildman–Crippen LogP) is 3.44. The Bertz CT molecular complexity index is 524. The Morgan fingerprint density at radius 3 is 2.48 bits per heavy atom. The van der Waals surface area contributed by atoms with Gasteiger partial charge in [0.2, 0.25) is 0 Å². The van der Waals surface area contributed by atoms with Crippen molar-refractivity contribution in [2.45, 2.75) is 45.8 Å². The first-order chi connectivity index (χ1) is 9.71. The van der Waals surface area contributed by atoms with E-state index in [4.69, 9.17) is 9.31 Å². The van der Waals surface area contributed by atoms with Gasteiger partial charge in [0.1, 0.15) is 0 Å². The average molecular weight is 325 g/mol. The zero-order valence-electron chi connectivity index (χ0n) is 13.0. The van der Waals surface area contributed by atoms with Crippen LogP contribution in [0.15, 0.2) is 16.4 Å². The molecule has 0 aliphatic carbocycles. The van der Waals surface area contributed by atoms with Gasteiger partial charge >= 0.3 is 7.12 Å². The van der Waals surface area contributed by atoms with Crippen molar-refractivity contribution in [2.75, 3.05) is 5.75 Å². The van der Waals surface area contributed by atoms with Gasteiger partial charge in [0.15, 0.2) is 5.12 Å². The second-order valence-corrected chi connectivity index (χ2v) is 7.87. The molecule has 0 radical (unpaired) electrons. The van der Waals surface area contributed by atoms with Gasteiger partial charge in [-0.15, -0.1) is 11.3 Å². The fourth-order valence-electron chi connectivity index (χ4n) is 1.84. The Morgan fingerprint density at radius 1 is 1.38 bits per heavy atom. The topological polar surface area (TPSA) is 48.4 Å². The zero-order chi connectivity index (χ0) is 15.7. The van der Waals surface area contributed by atoms with E-state index >= 15 is 0 Å². The predicted molar refractivity (Wildman–Crippen MR) is 89.3 cm³/mol. The van der Waals surface area contributed by atoms with Crippen LogP contribution in [-0.4, -0.2) is 34.2 Å².